The molecular formula is C12H17ClN2O2. The van der Waals surface area contributed by atoms with Gasteiger partial charge in [-0.25, -0.2) is 4.79 Å². The van der Waals surface area contributed by atoms with Crippen LogP contribution >= 0.6 is 12.4 Å². The summed E-state index contributed by atoms with van der Waals surface area (Å²) >= 11 is 0. The molecular weight excluding hydrogens is 240 g/mol. The molecule has 0 bridgehead atoms. The minimum atomic E-state index is -0.267. The summed E-state index contributed by atoms with van der Waals surface area (Å²) < 4.78 is 5.19. The zero-order valence-corrected chi connectivity index (χ0v) is 10.4. The molecule has 2 rings (SSSR count). The van der Waals surface area contributed by atoms with E-state index in [-0.39, 0.29) is 24.5 Å². The molecule has 17 heavy (non-hydrogen) atoms. The molecule has 0 saturated carbocycles. The maximum absolute atomic E-state index is 11.6. The summed E-state index contributed by atoms with van der Waals surface area (Å²) in [7, 11) is 0. The van der Waals surface area contributed by atoms with Crippen LogP contribution in [0, 0.1) is 0 Å². The average Bonchev–Trinajstić information content (AvgIpc) is 2.74. The lowest BCUT2D eigenvalue weighted by molar-refractivity contribution is 0.104. The number of amides is 1. The van der Waals surface area contributed by atoms with E-state index in [1.807, 2.05) is 30.3 Å². The van der Waals surface area contributed by atoms with Crippen molar-refractivity contribution in [3.8, 4) is 0 Å². The van der Waals surface area contributed by atoms with E-state index in [2.05, 4.69) is 0 Å². The van der Waals surface area contributed by atoms with E-state index in [4.69, 9.17) is 10.5 Å². The number of nitrogens with zero attached hydrogens (tertiary/aromatic N) is 1. The Labute approximate surface area is 107 Å². The first-order chi connectivity index (χ1) is 7.75. The Morgan fingerprint density at radius 1 is 1.41 bits per heavy atom. The number of hydrogen-bond acceptors (Lipinski definition) is 3. The molecule has 2 N–H and O–H groups in total. The van der Waals surface area contributed by atoms with Gasteiger partial charge in [-0.05, 0) is 12.0 Å². The number of halogens is 1. The predicted octanol–water partition coefficient (Wildman–Crippen LogP) is 1.78. The molecule has 1 fully saturated rings. The van der Waals surface area contributed by atoms with Crippen molar-refractivity contribution in [2.45, 2.75) is 19.1 Å². The molecule has 1 saturated heterocycles. The van der Waals surface area contributed by atoms with Crippen LogP contribution in [-0.2, 0) is 11.3 Å². The third-order valence-electron chi connectivity index (χ3n) is 2.69. The topological polar surface area (TPSA) is 55.6 Å². The standard InChI is InChI=1S/C12H16N2O2.ClH/c13-11-6-7-14(8-11)12(15)16-9-10-4-2-1-3-5-10;/h1-5,11H,6-9,13H2;1H/t11-;/m0./s1. The summed E-state index contributed by atoms with van der Waals surface area (Å²) in [6.45, 7) is 1.63. The molecule has 1 heterocycles. The maximum Gasteiger partial charge on any atom is 0.410 e. The van der Waals surface area contributed by atoms with Crippen LogP contribution in [0.15, 0.2) is 30.3 Å². The fourth-order valence-corrected chi connectivity index (χ4v) is 1.76. The van der Waals surface area contributed by atoms with Gasteiger partial charge in [-0.15, -0.1) is 12.4 Å². The van der Waals surface area contributed by atoms with Crippen LogP contribution in [0.5, 0.6) is 0 Å². The third-order valence-corrected chi connectivity index (χ3v) is 2.69. The molecule has 0 aliphatic carbocycles. The summed E-state index contributed by atoms with van der Waals surface area (Å²) in [4.78, 5) is 13.3. The molecule has 5 heteroatoms. The second-order valence-electron chi connectivity index (χ2n) is 4.03. The van der Waals surface area contributed by atoms with Crippen molar-refractivity contribution in [2.24, 2.45) is 5.73 Å². The highest BCUT2D eigenvalue weighted by molar-refractivity contribution is 5.85. The number of ether oxygens (including phenoxy) is 1. The number of nitrogens with two attached hydrogens (primary N) is 1. The van der Waals surface area contributed by atoms with Gasteiger partial charge >= 0.3 is 6.09 Å². The minimum absolute atomic E-state index is 0. The highest BCUT2D eigenvalue weighted by atomic mass is 35.5. The van der Waals surface area contributed by atoms with Crippen LogP contribution in [0.25, 0.3) is 0 Å². The van der Waals surface area contributed by atoms with Crippen LogP contribution in [0.4, 0.5) is 4.79 Å². The number of hydrogen-bond donors (Lipinski definition) is 1. The molecule has 0 unspecified atom stereocenters. The average molecular weight is 257 g/mol. The Kier molecular flexibility index (Phi) is 5.25. The van der Waals surface area contributed by atoms with Crippen molar-refractivity contribution >= 4 is 18.5 Å². The Bertz CT molecular complexity index is 359. The Balaban J connectivity index is 0.00000144. The molecule has 4 nitrogen and oxygen atoms in total. The van der Waals surface area contributed by atoms with E-state index in [0.29, 0.717) is 19.7 Å². The van der Waals surface area contributed by atoms with Gasteiger partial charge in [-0.1, -0.05) is 30.3 Å². The van der Waals surface area contributed by atoms with Crippen LogP contribution in [0.2, 0.25) is 0 Å². The fourth-order valence-electron chi connectivity index (χ4n) is 1.76. The zero-order valence-electron chi connectivity index (χ0n) is 9.54. The Morgan fingerprint density at radius 3 is 2.71 bits per heavy atom. The first-order valence-electron chi connectivity index (χ1n) is 5.47. The summed E-state index contributed by atoms with van der Waals surface area (Å²) in [6.07, 6.45) is 0.595. The van der Waals surface area contributed by atoms with E-state index >= 15 is 0 Å². The summed E-state index contributed by atoms with van der Waals surface area (Å²) in [6, 6.07) is 9.75. The van der Waals surface area contributed by atoms with E-state index in [0.717, 1.165) is 12.0 Å². The predicted molar refractivity (Wildman–Crippen MR) is 68.0 cm³/mol. The lowest BCUT2D eigenvalue weighted by Crippen LogP contribution is -2.32. The van der Waals surface area contributed by atoms with Crippen molar-refractivity contribution in [3.63, 3.8) is 0 Å². The summed E-state index contributed by atoms with van der Waals surface area (Å²) in [5.74, 6) is 0. The van der Waals surface area contributed by atoms with E-state index in [1.54, 1.807) is 4.90 Å². The van der Waals surface area contributed by atoms with Crippen molar-refractivity contribution in [3.05, 3.63) is 35.9 Å². The number of likely N-dealkylation sites (tertiary alicyclic amines) is 1. The van der Waals surface area contributed by atoms with Crippen molar-refractivity contribution in [1.29, 1.82) is 0 Å². The van der Waals surface area contributed by atoms with Gasteiger partial charge in [0.1, 0.15) is 6.61 Å². The molecule has 1 amide bonds. The zero-order chi connectivity index (χ0) is 11.4. The van der Waals surface area contributed by atoms with Gasteiger partial charge in [0.25, 0.3) is 0 Å². The first kappa shape index (κ1) is 13.8. The van der Waals surface area contributed by atoms with Crippen molar-refractivity contribution in [1.82, 2.24) is 4.90 Å². The lowest BCUT2D eigenvalue weighted by atomic mass is 10.2. The second kappa shape index (κ2) is 6.47. The second-order valence-corrected chi connectivity index (χ2v) is 4.03. The van der Waals surface area contributed by atoms with Crippen LogP contribution in [0.3, 0.4) is 0 Å². The van der Waals surface area contributed by atoms with Gasteiger partial charge in [0.05, 0.1) is 0 Å². The normalized spacial score (nSPS) is 18.6. The van der Waals surface area contributed by atoms with E-state index in [9.17, 15) is 4.79 Å². The van der Waals surface area contributed by atoms with E-state index < -0.39 is 0 Å². The number of benzene rings is 1. The molecule has 0 aromatic heterocycles. The molecule has 0 spiro atoms. The fraction of sp³-hybridized carbons (Fsp3) is 0.417. The molecule has 1 aromatic carbocycles. The SMILES string of the molecule is Cl.N[C@H]1CCN(C(=O)OCc2ccccc2)C1. The van der Waals surface area contributed by atoms with Gasteiger partial charge in [-0.2, -0.15) is 0 Å². The minimum Gasteiger partial charge on any atom is -0.445 e. The largest absolute Gasteiger partial charge is 0.445 e. The highest BCUT2D eigenvalue weighted by Crippen LogP contribution is 2.10. The van der Waals surface area contributed by atoms with Gasteiger partial charge in [0.15, 0.2) is 0 Å². The van der Waals surface area contributed by atoms with Crippen molar-refractivity contribution in [2.75, 3.05) is 13.1 Å². The number of carbonyl (C=O) groups is 1. The molecule has 94 valence electrons. The molecule has 1 aliphatic rings. The summed E-state index contributed by atoms with van der Waals surface area (Å²) in [5, 5.41) is 0. The highest BCUT2D eigenvalue weighted by Gasteiger charge is 2.24. The van der Waals surface area contributed by atoms with Gasteiger partial charge in [0, 0.05) is 19.1 Å². The smallest absolute Gasteiger partial charge is 0.410 e. The number of rotatable bonds is 2. The van der Waals surface area contributed by atoms with Crippen molar-refractivity contribution < 1.29 is 9.53 Å². The molecule has 1 atom stereocenters. The Morgan fingerprint density at radius 2 is 2.12 bits per heavy atom. The van der Waals surface area contributed by atoms with Gasteiger partial charge < -0.3 is 15.4 Å². The quantitative estimate of drug-likeness (QED) is 0.878. The Hall–Kier alpha value is -1.26. The van der Waals surface area contributed by atoms with Gasteiger partial charge in [-0.3, -0.25) is 0 Å². The molecule has 1 aromatic rings. The van der Waals surface area contributed by atoms with Crippen LogP contribution < -0.4 is 5.73 Å². The maximum atomic E-state index is 11.6. The molecule has 0 radical (unpaired) electrons. The third kappa shape index (κ3) is 3.91. The monoisotopic (exact) mass is 256 g/mol. The van der Waals surface area contributed by atoms with E-state index in [1.165, 1.54) is 0 Å². The number of carbonyl (C=O) groups excluding carboxylic acids is 1. The molecule has 1 aliphatic heterocycles. The van der Waals surface area contributed by atoms with Gasteiger partial charge in [0.2, 0.25) is 0 Å². The lowest BCUT2D eigenvalue weighted by Gasteiger charge is -2.15. The first-order valence-corrected chi connectivity index (χ1v) is 5.47. The van der Waals surface area contributed by atoms with Crippen LogP contribution in [-0.4, -0.2) is 30.1 Å². The van der Waals surface area contributed by atoms with Crippen LogP contribution in [0.1, 0.15) is 12.0 Å². The summed E-state index contributed by atoms with van der Waals surface area (Å²) in [5.41, 5.74) is 6.72.